The maximum Gasteiger partial charge on any atom is 0.128 e. The van der Waals surface area contributed by atoms with Crippen LogP contribution in [0.2, 0.25) is 0 Å². The van der Waals surface area contributed by atoms with Crippen molar-refractivity contribution in [1.82, 2.24) is 9.88 Å². The van der Waals surface area contributed by atoms with Crippen LogP contribution in [-0.2, 0) is 0 Å². The van der Waals surface area contributed by atoms with Crippen LogP contribution in [0.15, 0.2) is 48.7 Å². The van der Waals surface area contributed by atoms with Crippen LogP contribution in [0, 0.1) is 18.3 Å². The summed E-state index contributed by atoms with van der Waals surface area (Å²) < 4.78 is 0. The smallest absolute Gasteiger partial charge is 0.128 e. The van der Waals surface area contributed by atoms with Gasteiger partial charge in [0.2, 0.25) is 0 Å². The molecule has 1 unspecified atom stereocenters. The van der Waals surface area contributed by atoms with E-state index < -0.39 is 0 Å². The first-order valence-electron chi connectivity index (χ1n) is 7.65. The summed E-state index contributed by atoms with van der Waals surface area (Å²) in [6, 6.07) is 16.5. The number of hydrogen-bond acceptors (Lipinski definition) is 4. The normalized spacial score (nSPS) is 17.0. The van der Waals surface area contributed by atoms with Crippen molar-refractivity contribution in [3.8, 4) is 6.07 Å². The fourth-order valence-corrected chi connectivity index (χ4v) is 2.99. The highest BCUT2D eigenvalue weighted by molar-refractivity contribution is 5.39. The van der Waals surface area contributed by atoms with E-state index in [2.05, 4.69) is 39.9 Å². The van der Waals surface area contributed by atoms with E-state index in [0.29, 0.717) is 0 Å². The molecule has 4 nitrogen and oxygen atoms in total. The van der Waals surface area contributed by atoms with Crippen LogP contribution in [0.25, 0.3) is 0 Å². The molecule has 0 N–H and O–H groups in total. The van der Waals surface area contributed by atoms with Crippen LogP contribution in [0.4, 0.5) is 5.82 Å². The second-order valence-electron chi connectivity index (χ2n) is 5.60. The maximum atomic E-state index is 9.62. The highest BCUT2D eigenvalue weighted by Gasteiger charge is 2.26. The molecule has 1 fully saturated rings. The van der Waals surface area contributed by atoms with Crippen molar-refractivity contribution >= 4 is 5.82 Å². The lowest BCUT2D eigenvalue weighted by Crippen LogP contribution is -2.47. The van der Waals surface area contributed by atoms with E-state index in [1.165, 1.54) is 5.56 Å². The maximum absolute atomic E-state index is 9.62. The van der Waals surface area contributed by atoms with Crippen LogP contribution >= 0.6 is 0 Å². The van der Waals surface area contributed by atoms with E-state index in [-0.39, 0.29) is 6.04 Å². The van der Waals surface area contributed by atoms with Gasteiger partial charge in [-0.05, 0) is 30.2 Å². The molecule has 1 aliphatic rings. The summed E-state index contributed by atoms with van der Waals surface area (Å²) in [4.78, 5) is 8.95. The number of aryl methyl sites for hydroxylation is 1. The van der Waals surface area contributed by atoms with Crippen LogP contribution in [0.1, 0.15) is 17.2 Å². The zero-order valence-corrected chi connectivity index (χ0v) is 12.8. The number of piperazine rings is 1. The van der Waals surface area contributed by atoms with E-state index >= 15 is 0 Å². The average Bonchev–Trinajstić information content (AvgIpc) is 2.59. The number of rotatable bonds is 3. The minimum atomic E-state index is -0.160. The van der Waals surface area contributed by atoms with Crippen molar-refractivity contribution in [3.05, 3.63) is 59.8 Å². The van der Waals surface area contributed by atoms with Crippen molar-refractivity contribution < 1.29 is 0 Å². The molecular weight excluding hydrogens is 272 g/mol. The zero-order chi connectivity index (χ0) is 15.4. The number of hydrogen-bond donors (Lipinski definition) is 0. The third-order valence-electron chi connectivity index (χ3n) is 4.26. The average molecular weight is 292 g/mol. The van der Waals surface area contributed by atoms with Crippen molar-refractivity contribution in [2.75, 3.05) is 31.1 Å². The monoisotopic (exact) mass is 292 g/mol. The molecule has 0 aliphatic carbocycles. The molecule has 1 saturated heterocycles. The Labute approximate surface area is 131 Å². The lowest BCUT2D eigenvalue weighted by atomic mass is 10.0. The number of pyridine rings is 1. The van der Waals surface area contributed by atoms with Gasteiger partial charge in [-0.15, -0.1) is 0 Å². The summed E-state index contributed by atoms with van der Waals surface area (Å²) in [7, 11) is 0. The van der Waals surface area contributed by atoms with Gasteiger partial charge in [-0.25, -0.2) is 4.98 Å². The molecule has 4 heteroatoms. The molecule has 1 atom stereocenters. The van der Waals surface area contributed by atoms with Gasteiger partial charge in [0.05, 0.1) is 6.07 Å². The Balaban J connectivity index is 1.70. The van der Waals surface area contributed by atoms with Crippen LogP contribution < -0.4 is 4.90 Å². The van der Waals surface area contributed by atoms with Gasteiger partial charge in [0.15, 0.2) is 0 Å². The van der Waals surface area contributed by atoms with Gasteiger partial charge in [-0.3, -0.25) is 4.90 Å². The largest absolute Gasteiger partial charge is 0.354 e. The fourth-order valence-electron chi connectivity index (χ4n) is 2.99. The highest BCUT2D eigenvalue weighted by atomic mass is 15.3. The second kappa shape index (κ2) is 6.59. The number of nitrogens with zero attached hydrogens (tertiary/aromatic N) is 4. The van der Waals surface area contributed by atoms with Gasteiger partial charge < -0.3 is 4.90 Å². The number of benzene rings is 1. The summed E-state index contributed by atoms with van der Waals surface area (Å²) in [6.07, 6.45) is 1.83. The fraction of sp³-hybridized carbons (Fsp3) is 0.333. The molecule has 1 aromatic heterocycles. The molecule has 0 bridgehead atoms. The van der Waals surface area contributed by atoms with E-state index in [1.54, 1.807) is 0 Å². The van der Waals surface area contributed by atoms with Crippen LogP contribution in [0.3, 0.4) is 0 Å². The number of anilines is 1. The summed E-state index contributed by atoms with van der Waals surface area (Å²) in [5.74, 6) is 1.02. The first kappa shape index (κ1) is 14.6. The molecule has 0 amide bonds. The predicted molar refractivity (Wildman–Crippen MR) is 87.6 cm³/mol. The van der Waals surface area contributed by atoms with Gasteiger partial charge in [0, 0.05) is 32.4 Å². The molecule has 22 heavy (non-hydrogen) atoms. The van der Waals surface area contributed by atoms with Crippen LogP contribution in [0.5, 0.6) is 0 Å². The van der Waals surface area contributed by atoms with Gasteiger partial charge in [0.1, 0.15) is 11.9 Å². The molecule has 0 radical (unpaired) electrons. The van der Waals surface area contributed by atoms with Crippen LogP contribution in [-0.4, -0.2) is 36.1 Å². The Bertz CT molecular complexity index is 654. The summed E-state index contributed by atoms with van der Waals surface area (Å²) in [5, 5.41) is 9.62. The lowest BCUT2D eigenvalue weighted by Gasteiger charge is -2.37. The number of nitriles is 1. The lowest BCUT2D eigenvalue weighted by molar-refractivity contribution is 0.221. The molecule has 2 heterocycles. The second-order valence-corrected chi connectivity index (χ2v) is 5.60. The Hall–Kier alpha value is -2.38. The van der Waals surface area contributed by atoms with E-state index in [4.69, 9.17) is 0 Å². The Morgan fingerprint density at radius 2 is 1.77 bits per heavy atom. The van der Waals surface area contributed by atoms with E-state index in [0.717, 1.165) is 37.6 Å². The van der Waals surface area contributed by atoms with Gasteiger partial charge in [-0.1, -0.05) is 30.3 Å². The Morgan fingerprint density at radius 3 is 2.41 bits per heavy atom. The molecule has 1 aromatic carbocycles. The summed E-state index contributed by atoms with van der Waals surface area (Å²) >= 11 is 0. The minimum Gasteiger partial charge on any atom is -0.354 e. The first-order valence-corrected chi connectivity index (χ1v) is 7.65. The van der Waals surface area contributed by atoms with E-state index in [9.17, 15) is 5.26 Å². The molecule has 0 spiro atoms. The molecule has 1 aliphatic heterocycles. The van der Waals surface area contributed by atoms with Crippen molar-refractivity contribution in [1.29, 1.82) is 5.26 Å². The third kappa shape index (κ3) is 2.95. The summed E-state index contributed by atoms with van der Waals surface area (Å²) in [6.45, 7) is 5.64. The molecule has 3 rings (SSSR count). The topological polar surface area (TPSA) is 43.2 Å². The van der Waals surface area contributed by atoms with Gasteiger partial charge in [-0.2, -0.15) is 5.26 Å². The molecule has 0 saturated carbocycles. The zero-order valence-electron chi connectivity index (χ0n) is 12.8. The minimum absolute atomic E-state index is 0.160. The SMILES string of the molecule is Cc1ccccc1C(C#N)N1CCN(c2ccccn2)CC1. The Kier molecular flexibility index (Phi) is 4.36. The molecule has 112 valence electrons. The van der Waals surface area contributed by atoms with E-state index in [1.807, 2.05) is 36.5 Å². The third-order valence-corrected chi connectivity index (χ3v) is 4.26. The predicted octanol–water partition coefficient (Wildman–Crippen LogP) is 2.78. The summed E-state index contributed by atoms with van der Waals surface area (Å²) in [5.41, 5.74) is 2.30. The first-order chi connectivity index (χ1) is 10.8. The number of aromatic nitrogens is 1. The Morgan fingerprint density at radius 1 is 1.05 bits per heavy atom. The highest BCUT2D eigenvalue weighted by Crippen LogP contribution is 2.25. The van der Waals surface area contributed by atoms with Crippen molar-refractivity contribution in [2.45, 2.75) is 13.0 Å². The standard InChI is InChI=1S/C18H20N4/c1-15-6-2-3-7-16(15)17(14-19)21-10-12-22(13-11-21)18-8-4-5-9-20-18/h2-9,17H,10-13H2,1H3. The van der Waals surface area contributed by atoms with Gasteiger partial charge >= 0.3 is 0 Å². The van der Waals surface area contributed by atoms with Crippen molar-refractivity contribution in [2.24, 2.45) is 0 Å². The van der Waals surface area contributed by atoms with Gasteiger partial charge in [0.25, 0.3) is 0 Å². The van der Waals surface area contributed by atoms with Crippen molar-refractivity contribution in [3.63, 3.8) is 0 Å². The quantitative estimate of drug-likeness (QED) is 0.872. The molecular formula is C18H20N4. The molecule has 2 aromatic rings.